The van der Waals surface area contributed by atoms with Crippen molar-refractivity contribution in [3.05, 3.63) is 77.1 Å². The van der Waals surface area contributed by atoms with Crippen LogP contribution in [0.15, 0.2) is 60.8 Å². The van der Waals surface area contributed by atoms with E-state index >= 15 is 0 Å². The van der Waals surface area contributed by atoms with Gasteiger partial charge < -0.3 is 10.2 Å². The van der Waals surface area contributed by atoms with Crippen LogP contribution >= 0.6 is 11.6 Å². The van der Waals surface area contributed by atoms with E-state index in [-0.39, 0.29) is 17.7 Å². The summed E-state index contributed by atoms with van der Waals surface area (Å²) in [5.41, 5.74) is 1.69. The van der Waals surface area contributed by atoms with Gasteiger partial charge in [0, 0.05) is 37.8 Å². The first-order valence-corrected chi connectivity index (χ1v) is 11.6. The van der Waals surface area contributed by atoms with Crippen molar-refractivity contribution in [2.45, 2.75) is 32.7 Å². The van der Waals surface area contributed by atoms with Crippen LogP contribution in [0.4, 0.5) is 0 Å². The summed E-state index contributed by atoms with van der Waals surface area (Å²) in [6.45, 7) is 3.97. The maximum absolute atomic E-state index is 12.9. The van der Waals surface area contributed by atoms with Gasteiger partial charge in [-0.05, 0) is 46.7 Å². The molecule has 0 bridgehead atoms. The highest BCUT2D eigenvalue weighted by Gasteiger charge is 2.32. The lowest BCUT2D eigenvalue weighted by molar-refractivity contribution is -0.123. The lowest BCUT2D eigenvalue weighted by atomic mass is 9.81. The Morgan fingerprint density at radius 2 is 1.94 bits per heavy atom. The molecule has 0 saturated carbocycles. The second-order valence-electron chi connectivity index (χ2n) is 8.45. The molecular formula is C26H28ClN3O2. The first-order valence-electron chi connectivity index (χ1n) is 11.2. The molecule has 1 fully saturated rings. The predicted molar refractivity (Wildman–Crippen MR) is 127 cm³/mol. The van der Waals surface area contributed by atoms with Crippen molar-refractivity contribution < 1.29 is 9.59 Å². The van der Waals surface area contributed by atoms with Gasteiger partial charge in [-0.2, -0.15) is 0 Å². The molecule has 4 rings (SSSR count). The quantitative estimate of drug-likeness (QED) is 0.533. The number of pyridine rings is 1. The van der Waals surface area contributed by atoms with Gasteiger partial charge in [-0.15, -0.1) is 0 Å². The van der Waals surface area contributed by atoms with Crippen LogP contribution in [0.25, 0.3) is 10.8 Å². The van der Waals surface area contributed by atoms with Crippen LogP contribution < -0.4 is 5.32 Å². The molecular weight excluding hydrogens is 422 g/mol. The van der Waals surface area contributed by atoms with Crippen molar-refractivity contribution in [3.8, 4) is 0 Å². The Kier molecular flexibility index (Phi) is 7.05. The largest absolute Gasteiger partial charge is 0.352 e. The van der Waals surface area contributed by atoms with Gasteiger partial charge in [0.2, 0.25) is 5.91 Å². The zero-order valence-electron chi connectivity index (χ0n) is 18.3. The molecule has 0 aliphatic carbocycles. The fourth-order valence-corrected chi connectivity index (χ4v) is 4.84. The Hall–Kier alpha value is -2.92. The van der Waals surface area contributed by atoms with Crippen molar-refractivity contribution in [1.82, 2.24) is 15.2 Å². The molecule has 1 N–H and O–H groups in total. The minimum absolute atomic E-state index is 0.0217. The first-order chi connectivity index (χ1) is 15.5. The van der Waals surface area contributed by atoms with Gasteiger partial charge in [-0.3, -0.25) is 9.59 Å². The van der Waals surface area contributed by atoms with E-state index in [9.17, 15) is 9.59 Å². The van der Waals surface area contributed by atoms with E-state index in [1.54, 1.807) is 18.3 Å². The number of piperidine rings is 1. The van der Waals surface area contributed by atoms with Crippen molar-refractivity contribution in [3.63, 3.8) is 0 Å². The number of rotatable bonds is 6. The van der Waals surface area contributed by atoms with Crippen LogP contribution in [0.1, 0.15) is 42.1 Å². The summed E-state index contributed by atoms with van der Waals surface area (Å²) < 4.78 is 0. The second-order valence-corrected chi connectivity index (χ2v) is 8.84. The van der Waals surface area contributed by atoms with Crippen LogP contribution in [0, 0.1) is 11.8 Å². The maximum atomic E-state index is 12.9. The number of carbonyl (C=O) groups excluding carboxylic acids is 2. The van der Waals surface area contributed by atoms with Crippen molar-refractivity contribution in [2.75, 3.05) is 13.1 Å². The second kappa shape index (κ2) is 10.1. The van der Waals surface area contributed by atoms with E-state index in [2.05, 4.69) is 41.5 Å². The summed E-state index contributed by atoms with van der Waals surface area (Å²) in [6.07, 6.45) is 3.80. The molecule has 3 aromatic rings. The number of aromatic nitrogens is 1. The van der Waals surface area contributed by atoms with E-state index in [1.165, 1.54) is 10.8 Å². The Balaban J connectivity index is 1.34. The average Bonchev–Trinajstić information content (AvgIpc) is 2.82. The number of carbonyl (C=O) groups is 2. The van der Waals surface area contributed by atoms with Crippen molar-refractivity contribution in [1.29, 1.82) is 0 Å². The summed E-state index contributed by atoms with van der Waals surface area (Å²) >= 11 is 5.94. The minimum Gasteiger partial charge on any atom is -0.352 e. The molecule has 32 heavy (non-hydrogen) atoms. The molecule has 0 unspecified atom stereocenters. The van der Waals surface area contributed by atoms with Gasteiger partial charge in [0.1, 0.15) is 5.15 Å². The van der Waals surface area contributed by atoms with E-state index in [0.29, 0.717) is 42.7 Å². The topological polar surface area (TPSA) is 62.3 Å². The Bertz CT molecular complexity index is 1110. The molecule has 166 valence electrons. The first kappa shape index (κ1) is 22.3. The third-order valence-corrected chi connectivity index (χ3v) is 6.69. The summed E-state index contributed by atoms with van der Waals surface area (Å²) in [6, 6.07) is 17.7. The molecule has 2 heterocycles. The number of hydrogen-bond acceptors (Lipinski definition) is 3. The number of halogens is 1. The van der Waals surface area contributed by atoms with E-state index in [0.717, 1.165) is 18.4 Å². The number of nitrogens with zero attached hydrogens (tertiary/aromatic N) is 2. The Morgan fingerprint density at radius 1 is 1.12 bits per heavy atom. The number of nitrogens with one attached hydrogen (secondary N) is 1. The number of likely N-dealkylation sites (tertiary alicyclic amines) is 1. The molecule has 0 spiro atoms. The Labute approximate surface area is 193 Å². The van der Waals surface area contributed by atoms with Gasteiger partial charge >= 0.3 is 0 Å². The average molecular weight is 450 g/mol. The normalized spacial score (nSPS) is 18.5. The van der Waals surface area contributed by atoms with E-state index < -0.39 is 0 Å². The fraction of sp³-hybridized carbons (Fsp3) is 0.346. The molecule has 2 amide bonds. The fourth-order valence-electron chi connectivity index (χ4n) is 4.67. The SMILES string of the molecule is CC[C@@H]1CN(C(=O)c2ccnc(Cl)c2)CC[C@H]1CC(=O)NCc1cccc2ccccc12. The standard InChI is InChI=1S/C26H28ClN3O2/c1-2-18-17-30(26(32)21-10-12-28-24(27)14-21)13-11-20(18)15-25(31)29-16-22-8-5-7-19-6-3-4-9-23(19)22/h3-10,12,14,18,20H,2,11,13,15-17H2,1H3,(H,29,31)/t18-,20+/m1/s1. The summed E-state index contributed by atoms with van der Waals surface area (Å²) in [4.78, 5) is 31.4. The van der Waals surface area contributed by atoms with E-state index in [1.807, 2.05) is 23.1 Å². The predicted octanol–water partition coefficient (Wildman–Crippen LogP) is 5.08. The molecule has 1 aromatic heterocycles. The number of benzene rings is 2. The molecule has 1 aliphatic rings. The third-order valence-electron chi connectivity index (χ3n) is 6.48. The molecule has 0 radical (unpaired) electrons. The Morgan fingerprint density at radius 3 is 2.75 bits per heavy atom. The highest BCUT2D eigenvalue weighted by atomic mass is 35.5. The van der Waals surface area contributed by atoms with Gasteiger partial charge in [0.15, 0.2) is 0 Å². The highest BCUT2D eigenvalue weighted by molar-refractivity contribution is 6.29. The van der Waals surface area contributed by atoms with Crippen LogP contribution in [-0.2, 0) is 11.3 Å². The summed E-state index contributed by atoms with van der Waals surface area (Å²) in [5, 5.41) is 5.78. The molecule has 5 nitrogen and oxygen atoms in total. The molecule has 1 saturated heterocycles. The summed E-state index contributed by atoms with van der Waals surface area (Å²) in [7, 11) is 0. The van der Waals surface area contributed by atoms with Crippen molar-refractivity contribution in [2.24, 2.45) is 11.8 Å². The van der Waals surface area contributed by atoms with Gasteiger partial charge in [0.25, 0.3) is 5.91 Å². The molecule has 6 heteroatoms. The molecule has 2 aromatic carbocycles. The van der Waals surface area contributed by atoms with Crippen LogP contribution in [0.3, 0.4) is 0 Å². The third kappa shape index (κ3) is 5.10. The van der Waals surface area contributed by atoms with Gasteiger partial charge in [0.05, 0.1) is 0 Å². The van der Waals surface area contributed by atoms with Gasteiger partial charge in [-0.1, -0.05) is 67.4 Å². The maximum Gasteiger partial charge on any atom is 0.254 e. The summed E-state index contributed by atoms with van der Waals surface area (Å²) in [5.74, 6) is 0.625. The van der Waals surface area contributed by atoms with Crippen molar-refractivity contribution >= 4 is 34.2 Å². The van der Waals surface area contributed by atoms with E-state index in [4.69, 9.17) is 11.6 Å². The zero-order chi connectivity index (χ0) is 22.5. The zero-order valence-corrected chi connectivity index (χ0v) is 19.0. The van der Waals surface area contributed by atoms with Crippen LogP contribution in [0.2, 0.25) is 5.15 Å². The monoisotopic (exact) mass is 449 g/mol. The smallest absolute Gasteiger partial charge is 0.254 e. The number of amides is 2. The lowest BCUT2D eigenvalue weighted by Crippen LogP contribution is -2.44. The number of hydrogen-bond donors (Lipinski definition) is 1. The number of fused-ring (bicyclic) bond motifs is 1. The van der Waals surface area contributed by atoms with Gasteiger partial charge in [-0.25, -0.2) is 4.98 Å². The lowest BCUT2D eigenvalue weighted by Gasteiger charge is -2.38. The highest BCUT2D eigenvalue weighted by Crippen LogP contribution is 2.30. The van der Waals surface area contributed by atoms with Crippen LogP contribution in [-0.4, -0.2) is 34.8 Å². The van der Waals surface area contributed by atoms with Crippen LogP contribution in [0.5, 0.6) is 0 Å². The minimum atomic E-state index is -0.0217. The molecule has 1 aliphatic heterocycles. The molecule has 2 atom stereocenters.